The van der Waals surface area contributed by atoms with E-state index in [1.165, 1.54) is 43.1 Å². The second kappa shape index (κ2) is 39.7. The van der Waals surface area contributed by atoms with Gasteiger partial charge in [-0.3, -0.25) is 9.54 Å². The van der Waals surface area contributed by atoms with Crippen LogP contribution in [-0.4, -0.2) is 77.8 Å². The van der Waals surface area contributed by atoms with Crippen LogP contribution in [0.5, 0.6) is 0 Å². The van der Waals surface area contributed by atoms with Crippen molar-refractivity contribution in [3.63, 3.8) is 0 Å². The molecule has 2 saturated carbocycles. The maximum absolute atomic E-state index is 10.7. The first kappa shape index (κ1) is 55.2. The van der Waals surface area contributed by atoms with Crippen LogP contribution in [0, 0.1) is 72.2 Å². The molecule has 0 bridgehead atoms. The van der Waals surface area contributed by atoms with Gasteiger partial charge < -0.3 is 39.0 Å². The summed E-state index contributed by atoms with van der Waals surface area (Å²) < 4.78 is 246. The molecule has 0 unspecified atom stereocenters. The fourth-order valence-electron chi connectivity index (χ4n) is 10.9. The zero-order chi connectivity index (χ0) is 93.0. The Morgan fingerprint density at radius 1 is 0.448 bits per heavy atom. The Hall–Kier alpha value is -9.33. The van der Waals surface area contributed by atoms with Crippen LogP contribution < -0.4 is 0 Å². The second-order valence-electron chi connectivity index (χ2n) is 22.5. The number of para-hydroxylation sites is 1. The van der Waals surface area contributed by atoms with Gasteiger partial charge in [-0.2, -0.15) is 21.6 Å². The number of hydrogen-bond donors (Lipinski definition) is 3. The third kappa shape index (κ3) is 22.1. The van der Waals surface area contributed by atoms with Gasteiger partial charge in [-0.1, -0.05) is 91.2 Å². The quantitative estimate of drug-likeness (QED) is 0.0770. The Kier molecular flexibility index (Phi) is 20.9. The molecule has 0 aliphatic heterocycles. The van der Waals surface area contributed by atoms with E-state index in [0.29, 0.717) is 81.3 Å². The number of aryl methyl sites for hydroxylation is 7. The summed E-state index contributed by atoms with van der Waals surface area (Å²) in [6, 6.07) is 63.2. The van der Waals surface area contributed by atoms with Crippen LogP contribution in [0.25, 0.3) is 100 Å². The minimum atomic E-state index is -5.84. The average Bonchev–Trinajstić information content (AvgIpc) is 1.57. The van der Waals surface area contributed by atoms with E-state index in [4.69, 9.17) is 63.5 Å². The normalized spacial score (nSPS) is 17.1. The zero-order valence-electron chi connectivity index (χ0n) is 79.1. The smallest absolute Gasteiger partial charge is 0.486 e. The SMILES string of the molecule is CO.CO.O=S(=O)(O)C(F)(F)F.[2H]C([2H])([2H])c1ccc(-c2[c-]cccc2)nc1.[2H]C([2H])([2H])c1ccc(-c2[c-]cccc2)nc1.[2H]C([2H])([2H])c1ccc(-c2[c-]cccc2)nc1.[2H]C([2H])([2H])c1ccc2c(n1)oc1c(-c3cc(C4([2H])CCCC4)c(C([2H])([2H])[2H])cn3)[c-]ccc12.[2H]C([2H])([2H])c1ccc2c(n1)oc1c(-c3cc(C4([2H])CCCC4)c(C([2H])([2H])[2H])cn3)cccc12.[Ir].[Ir]. The van der Waals surface area contributed by atoms with Gasteiger partial charge in [0.05, 0.1) is 11.3 Å². The first-order valence-corrected chi connectivity index (χ1v) is 33.2. The van der Waals surface area contributed by atoms with E-state index in [0.717, 1.165) is 84.4 Å². The molecule has 2 fully saturated rings. The van der Waals surface area contributed by atoms with Gasteiger partial charge in [0, 0.05) is 150 Å². The van der Waals surface area contributed by atoms with Crippen LogP contribution in [0.2, 0.25) is 0 Å². The number of halogens is 3. The Bertz CT molecular complexity index is 5680. The molecule has 0 saturated heterocycles. The molecule has 0 amide bonds. The molecule has 16 rings (SSSR count). The van der Waals surface area contributed by atoms with Crippen molar-refractivity contribution in [2.75, 3.05) is 14.2 Å². The van der Waals surface area contributed by atoms with Crippen LogP contribution in [0.15, 0.2) is 216 Å². The molecule has 14 nitrogen and oxygen atoms in total. The van der Waals surface area contributed by atoms with Crippen LogP contribution in [0.3, 0.4) is 0 Å². The molecule has 2 aliphatic carbocycles. The summed E-state index contributed by atoms with van der Waals surface area (Å²) >= 11 is 0. The van der Waals surface area contributed by atoms with Crippen LogP contribution in [0.4, 0.5) is 13.2 Å². The molecule has 3 N–H and O–H groups in total. The Morgan fingerprint density at radius 3 is 1.24 bits per heavy atom. The minimum Gasteiger partial charge on any atom is -0.486 e. The summed E-state index contributed by atoms with van der Waals surface area (Å²) in [4.78, 5) is 29.6. The third-order valence-electron chi connectivity index (χ3n) is 15.7. The third-order valence-corrected chi connectivity index (χ3v) is 16.3. The number of nitrogens with zero attached hydrogens (tertiary/aromatic N) is 7. The second-order valence-corrected chi connectivity index (χ2v) is 23.9. The molecule has 105 heavy (non-hydrogen) atoms. The van der Waals surface area contributed by atoms with Crippen molar-refractivity contribution in [3.8, 4) is 56.3 Å². The van der Waals surface area contributed by atoms with Crippen molar-refractivity contribution in [1.29, 1.82) is 0 Å². The first-order chi connectivity index (χ1) is 58.9. The van der Waals surface area contributed by atoms with E-state index in [-0.39, 0.29) is 90.8 Å². The van der Waals surface area contributed by atoms with Gasteiger partial charge in [0.1, 0.15) is 5.58 Å². The van der Waals surface area contributed by atoms with Crippen molar-refractivity contribution in [2.24, 2.45) is 0 Å². The molecule has 0 atom stereocenters. The number of rotatable bonds is 7. The fourth-order valence-corrected chi connectivity index (χ4v) is 10.9. The molecule has 2 radical (unpaired) electrons. The van der Waals surface area contributed by atoms with Crippen molar-refractivity contribution in [2.45, 2.75) is 117 Å². The van der Waals surface area contributed by atoms with Gasteiger partial charge in [-0.05, 0) is 184 Å². The number of benzene rings is 5. The van der Waals surface area contributed by atoms with E-state index in [1.54, 1.807) is 84.9 Å². The molecule has 14 aromatic rings. The number of hydrogen-bond acceptors (Lipinski definition) is 13. The van der Waals surface area contributed by atoms with E-state index >= 15 is 0 Å². The number of aromatic nitrogens is 7. The number of alkyl halides is 3. The summed E-state index contributed by atoms with van der Waals surface area (Å²) in [7, 11) is -3.84. The van der Waals surface area contributed by atoms with Gasteiger partial charge in [-0.15, -0.1) is 126 Å². The standard InChI is InChI=1S/C23H22N2O.C23H21N2O.3C12H10N.CHF3O3S.2CH4O.2Ir/c2*1-14-13-24-21(12-20(14)16-6-3-4-7-16)19-9-5-8-17-18-11-10-15(2)25-23(18)26-22(17)19;3*1-10-7-8-12(13-9-10)11-5-3-2-4-6-11;2-1(3,4)8(5,6)7;2*1-2;;/h5,8-13,16H,3-4,6-7H2,1-2H3;5,8,10-13,16H,3-4,6-7H2,1-2H3;3*2-5,7-9H,1H3;(H,5,6,7);2*2H,1H3;;/q;4*-1;;;;;/i2*1D3,2D3,16D;3*1D3;;;;;. The van der Waals surface area contributed by atoms with Crippen molar-refractivity contribution in [3.05, 3.63) is 282 Å². The molecule has 5 aromatic carbocycles. The molecule has 9 aromatic heterocycles. The molecular weight excluding hydrogens is 1700 g/mol. The number of aliphatic hydroxyl groups is 2. The van der Waals surface area contributed by atoms with Gasteiger partial charge >= 0.3 is 15.6 Å². The van der Waals surface area contributed by atoms with Crippen LogP contribution in [0.1, 0.15) is 145 Å². The van der Waals surface area contributed by atoms with Crippen molar-refractivity contribution in [1.82, 2.24) is 34.9 Å². The first-order valence-electron chi connectivity index (χ1n) is 43.3. The minimum absolute atomic E-state index is 0. The molecule has 548 valence electrons. The summed E-state index contributed by atoms with van der Waals surface area (Å²) in [5, 5.41) is 16.8. The van der Waals surface area contributed by atoms with Gasteiger partial charge in [0.25, 0.3) is 0 Å². The van der Waals surface area contributed by atoms with Crippen molar-refractivity contribution < 1.29 is 117 Å². The van der Waals surface area contributed by atoms with E-state index < -0.39 is 75.4 Å². The molecule has 20 heteroatoms. The predicted octanol–water partition coefficient (Wildman–Crippen LogP) is 20.6. The molecule has 0 spiro atoms. The van der Waals surface area contributed by atoms with Gasteiger partial charge in [0.2, 0.25) is 11.4 Å². The monoisotopic (exact) mass is 1810 g/mol. The summed E-state index contributed by atoms with van der Waals surface area (Å²) in [5.41, 5.74) is 4.55. The molecule has 9 heterocycles. The Labute approximate surface area is 671 Å². The number of aliphatic hydroxyl groups excluding tert-OH is 2. The fraction of sp³-hybridized carbons (Fsp3) is 0.235. The zero-order valence-corrected chi connectivity index (χ0v) is 61.7. The summed E-state index contributed by atoms with van der Waals surface area (Å²) in [5.74, 6) is -1.93. The Morgan fingerprint density at radius 2 is 0.857 bits per heavy atom. The average molecular weight is 1810 g/mol. The van der Waals surface area contributed by atoms with Crippen LogP contribution >= 0.6 is 0 Å². The van der Waals surface area contributed by atoms with Gasteiger partial charge in [-0.25, -0.2) is 9.97 Å². The van der Waals surface area contributed by atoms with E-state index in [9.17, 15) is 13.2 Å². The van der Waals surface area contributed by atoms with E-state index in [2.05, 4.69) is 59.2 Å². The van der Waals surface area contributed by atoms with Gasteiger partial charge in [0.15, 0.2) is 0 Å². The van der Waals surface area contributed by atoms with E-state index in [1.807, 2.05) is 78.9 Å². The van der Waals surface area contributed by atoms with Crippen LogP contribution in [-0.2, 0) is 50.3 Å². The Balaban J connectivity index is 0.000000219. The largest absolute Gasteiger partial charge is 0.522 e. The predicted molar refractivity (Wildman–Crippen MR) is 403 cm³/mol. The summed E-state index contributed by atoms with van der Waals surface area (Å²) in [6.45, 7) is -15.7. The number of pyridine rings is 7. The maximum atomic E-state index is 10.7. The topological polar surface area (TPSA) is 211 Å². The molecule has 2 aliphatic rings. The maximum Gasteiger partial charge on any atom is 0.522 e. The number of fused-ring (bicyclic) bond motifs is 6. The summed E-state index contributed by atoms with van der Waals surface area (Å²) in [6.07, 6.45) is 12.8. The molecular formula is C85H82F3Ir2N7O7S-4. The van der Waals surface area contributed by atoms with Crippen molar-refractivity contribution >= 4 is 54.3 Å². The number of furan rings is 2.